The van der Waals surface area contributed by atoms with Crippen LogP contribution in [0.25, 0.3) is 38.9 Å². The second-order valence-corrected chi connectivity index (χ2v) is 7.27. The van der Waals surface area contributed by atoms with Gasteiger partial charge in [-0.2, -0.15) is 0 Å². The van der Waals surface area contributed by atoms with Crippen molar-refractivity contribution in [2.45, 2.75) is 20.3 Å². The van der Waals surface area contributed by atoms with E-state index in [9.17, 15) is 0 Å². The van der Waals surface area contributed by atoms with E-state index in [4.69, 9.17) is 0 Å². The van der Waals surface area contributed by atoms with Crippen molar-refractivity contribution in [2.75, 3.05) is 0 Å². The van der Waals surface area contributed by atoms with Crippen LogP contribution < -0.4 is 4.57 Å². The average Bonchev–Trinajstić information content (AvgIpc) is 2.67. The van der Waals surface area contributed by atoms with Gasteiger partial charge in [-0.15, -0.1) is 0 Å². The van der Waals surface area contributed by atoms with Crippen LogP contribution in [0.5, 0.6) is 0 Å². The van der Waals surface area contributed by atoms with Gasteiger partial charge in [0.1, 0.15) is 7.05 Å². The Balaban J connectivity index is 2.05. The number of fused-ring (bicyclic) bond motifs is 3. The molecule has 1 heteroatoms. The first kappa shape index (κ1) is 15.3. The maximum atomic E-state index is 2.30. The number of aryl methyl sites for hydroxylation is 2. The zero-order valence-corrected chi connectivity index (χ0v) is 15.5. The molecule has 0 bridgehead atoms. The summed E-state index contributed by atoms with van der Waals surface area (Å²) in [5.41, 5.74) is 8.43. The minimum atomic E-state index is 0.995. The fraction of sp³-hybridized carbons (Fsp3) is 0.160. The molecule has 1 nitrogen and oxygen atoms in total. The third kappa shape index (κ3) is 1.94. The van der Waals surface area contributed by atoms with E-state index in [-0.39, 0.29) is 0 Å². The average molecular weight is 336 g/mol. The molecule has 0 amide bonds. The standard InChI is InChI=1S/C25H22N/c1-4-8-20-21-12-6-5-11-19(21)16(2)23-22(20)15-18-10-7-9-17-13-14-26(3)25(23)24(17)18/h4-14H,15H2,1-3H3/q+1/b8-4-. The highest BCUT2D eigenvalue weighted by atomic mass is 14.9. The lowest BCUT2D eigenvalue weighted by Gasteiger charge is -2.24. The largest absolute Gasteiger partial charge is 0.221 e. The van der Waals surface area contributed by atoms with Crippen molar-refractivity contribution in [1.29, 1.82) is 0 Å². The smallest absolute Gasteiger partial charge is 0.200 e. The van der Waals surface area contributed by atoms with Crippen molar-refractivity contribution in [3.8, 4) is 11.3 Å². The van der Waals surface area contributed by atoms with E-state index < -0.39 is 0 Å². The summed E-state index contributed by atoms with van der Waals surface area (Å²) in [6.45, 7) is 4.39. The zero-order chi connectivity index (χ0) is 17.8. The number of hydrogen-bond donors (Lipinski definition) is 0. The lowest BCUT2D eigenvalue weighted by Crippen LogP contribution is -2.32. The quantitative estimate of drug-likeness (QED) is 0.344. The number of hydrogen-bond acceptors (Lipinski definition) is 0. The first-order valence-electron chi connectivity index (χ1n) is 9.28. The molecule has 4 aromatic rings. The highest BCUT2D eigenvalue weighted by Crippen LogP contribution is 2.44. The van der Waals surface area contributed by atoms with E-state index in [2.05, 4.69) is 92.3 Å². The van der Waals surface area contributed by atoms with Gasteiger partial charge in [0.25, 0.3) is 0 Å². The van der Waals surface area contributed by atoms with Crippen molar-refractivity contribution in [3.63, 3.8) is 0 Å². The van der Waals surface area contributed by atoms with Gasteiger partial charge in [-0.05, 0) is 58.7 Å². The van der Waals surface area contributed by atoms with E-state index in [1.54, 1.807) is 0 Å². The Bertz CT molecular complexity index is 1230. The van der Waals surface area contributed by atoms with Crippen LogP contribution in [0.2, 0.25) is 0 Å². The number of benzene rings is 3. The minimum Gasteiger partial charge on any atom is -0.200 e. The molecule has 0 aliphatic heterocycles. The normalized spacial score (nSPS) is 12.9. The van der Waals surface area contributed by atoms with E-state index in [1.165, 1.54) is 55.1 Å². The maximum Gasteiger partial charge on any atom is 0.221 e. The molecular formula is C25H22N+. The summed E-state index contributed by atoms with van der Waals surface area (Å²) in [7, 11) is 2.17. The molecule has 0 atom stereocenters. The summed E-state index contributed by atoms with van der Waals surface area (Å²) >= 11 is 0. The first-order valence-corrected chi connectivity index (χ1v) is 9.28. The van der Waals surface area contributed by atoms with Gasteiger partial charge in [0.15, 0.2) is 6.20 Å². The summed E-state index contributed by atoms with van der Waals surface area (Å²) in [5, 5.41) is 5.46. The van der Waals surface area contributed by atoms with Crippen LogP contribution in [0.15, 0.2) is 60.8 Å². The molecule has 0 unspecified atom stereocenters. The van der Waals surface area contributed by atoms with Crippen LogP contribution >= 0.6 is 0 Å². The number of rotatable bonds is 1. The molecule has 0 N–H and O–H groups in total. The van der Waals surface area contributed by atoms with Crippen LogP contribution in [0, 0.1) is 6.92 Å². The fourth-order valence-corrected chi connectivity index (χ4v) is 4.69. The zero-order valence-electron chi connectivity index (χ0n) is 15.5. The minimum absolute atomic E-state index is 0.995. The highest BCUT2D eigenvalue weighted by molar-refractivity contribution is 6.06. The van der Waals surface area contributed by atoms with Crippen LogP contribution in [-0.4, -0.2) is 0 Å². The highest BCUT2D eigenvalue weighted by Gasteiger charge is 2.29. The first-order chi connectivity index (χ1) is 12.7. The summed E-state index contributed by atoms with van der Waals surface area (Å²) in [4.78, 5) is 0. The fourth-order valence-electron chi connectivity index (χ4n) is 4.69. The molecular weight excluding hydrogens is 314 g/mol. The summed E-state index contributed by atoms with van der Waals surface area (Å²) in [6, 6.07) is 17.8. The Morgan fingerprint density at radius 3 is 2.58 bits per heavy atom. The van der Waals surface area contributed by atoms with Crippen LogP contribution in [0.1, 0.15) is 29.2 Å². The number of allylic oxidation sites excluding steroid dienone is 1. The maximum absolute atomic E-state index is 2.30. The number of pyridine rings is 1. The molecule has 0 fully saturated rings. The molecule has 5 rings (SSSR count). The van der Waals surface area contributed by atoms with Crippen molar-refractivity contribution < 1.29 is 4.57 Å². The van der Waals surface area contributed by atoms with Crippen molar-refractivity contribution in [3.05, 3.63) is 83.1 Å². The van der Waals surface area contributed by atoms with Gasteiger partial charge in [-0.25, -0.2) is 4.57 Å². The summed E-state index contributed by atoms with van der Waals surface area (Å²) in [6.07, 6.45) is 7.64. The van der Waals surface area contributed by atoms with Crippen LogP contribution in [0.3, 0.4) is 0 Å². The Morgan fingerprint density at radius 2 is 1.77 bits per heavy atom. The predicted octanol–water partition coefficient (Wildman–Crippen LogP) is 5.73. The van der Waals surface area contributed by atoms with Gasteiger partial charge in [0, 0.05) is 6.07 Å². The lowest BCUT2D eigenvalue weighted by atomic mass is 9.79. The van der Waals surface area contributed by atoms with E-state index in [0.29, 0.717) is 0 Å². The molecule has 1 aromatic heterocycles. The Morgan fingerprint density at radius 1 is 0.962 bits per heavy atom. The lowest BCUT2D eigenvalue weighted by molar-refractivity contribution is -0.659. The SMILES string of the molecule is C/C=C\c1c2c(c(C)c3ccccc13)-c1c3c(cccc3cc[n+]1C)C2. The van der Waals surface area contributed by atoms with Gasteiger partial charge < -0.3 is 0 Å². The molecule has 1 heterocycles. The van der Waals surface area contributed by atoms with Gasteiger partial charge >= 0.3 is 0 Å². The topological polar surface area (TPSA) is 3.88 Å². The molecule has 3 aromatic carbocycles. The second-order valence-electron chi connectivity index (χ2n) is 7.27. The molecule has 126 valence electrons. The van der Waals surface area contributed by atoms with Crippen LogP contribution in [-0.2, 0) is 13.5 Å². The Kier molecular flexibility index (Phi) is 3.27. The summed E-state index contributed by atoms with van der Waals surface area (Å²) < 4.78 is 2.30. The Labute approximate surface area is 154 Å². The molecule has 0 radical (unpaired) electrons. The van der Waals surface area contributed by atoms with E-state index in [1.807, 2.05) is 0 Å². The molecule has 1 aliphatic carbocycles. The molecule has 26 heavy (non-hydrogen) atoms. The summed E-state index contributed by atoms with van der Waals surface area (Å²) in [5.74, 6) is 0. The molecule has 0 saturated heterocycles. The van der Waals surface area contributed by atoms with Gasteiger partial charge in [-0.1, -0.05) is 54.6 Å². The number of nitrogens with zero attached hydrogens (tertiary/aromatic N) is 1. The van der Waals surface area contributed by atoms with Crippen LogP contribution in [0.4, 0.5) is 0 Å². The van der Waals surface area contributed by atoms with Crippen molar-refractivity contribution in [1.82, 2.24) is 0 Å². The van der Waals surface area contributed by atoms with E-state index in [0.717, 1.165) is 6.42 Å². The molecule has 0 spiro atoms. The second kappa shape index (κ2) is 5.54. The molecule has 0 saturated carbocycles. The molecule has 1 aliphatic rings. The van der Waals surface area contributed by atoms with Crippen molar-refractivity contribution in [2.24, 2.45) is 7.05 Å². The van der Waals surface area contributed by atoms with E-state index >= 15 is 0 Å². The Hall–Kier alpha value is -2.93. The monoisotopic (exact) mass is 336 g/mol. The van der Waals surface area contributed by atoms with Gasteiger partial charge in [0.2, 0.25) is 5.69 Å². The van der Waals surface area contributed by atoms with Gasteiger partial charge in [0.05, 0.1) is 10.9 Å². The third-order valence-electron chi connectivity index (χ3n) is 5.81. The van der Waals surface area contributed by atoms with Gasteiger partial charge in [-0.3, -0.25) is 0 Å². The predicted molar refractivity (Wildman–Crippen MR) is 110 cm³/mol. The van der Waals surface area contributed by atoms with Crippen molar-refractivity contribution >= 4 is 27.6 Å². The third-order valence-corrected chi connectivity index (χ3v) is 5.81. The number of aromatic nitrogens is 1.